The minimum absolute atomic E-state index is 0.0553. The van der Waals surface area contributed by atoms with Gasteiger partial charge in [-0.15, -0.1) is 0 Å². The second-order valence-electron chi connectivity index (χ2n) is 2.32. The number of hydrogen-bond donors (Lipinski definition) is 2. The van der Waals surface area contributed by atoms with Crippen LogP contribution >= 0.6 is 0 Å². The molecule has 0 spiro atoms. The molecule has 6 heteroatoms. The van der Waals surface area contributed by atoms with E-state index in [9.17, 15) is 8.78 Å². The van der Waals surface area contributed by atoms with Crippen molar-refractivity contribution in [2.24, 2.45) is 0 Å². The third-order valence-electron chi connectivity index (χ3n) is 1.33. The van der Waals surface area contributed by atoms with Gasteiger partial charge in [-0.3, -0.25) is 0 Å². The summed E-state index contributed by atoms with van der Waals surface area (Å²) in [7, 11) is 0. The van der Waals surface area contributed by atoms with Gasteiger partial charge in [-0.1, -0.05) is 0 Å². The molecular formula is C7H9F2N3O. The number of rotatable bonds is 3. The van der Waals surface area contributed by atoms with Gasteiger partial charge < -0.3 is 16.2 Å². The van der Waals surface area contributed by atoms with E-state index in [1.165, 1.54) is 12.3 Å². The lowest BCUT2D eigenvalue weighted by Gasteiger charge is -2.07. The van der Waals surface area contributed by atoms with Crippen molar-refractivity contribution in [1.29, 1.82) is 0 Å². The number of nitrogens with zero attached hydrogens (tertiary/aromatic N) is 1. The average Bonchev–Trinajstić information content (AvgIpc) is 2.07. The van der Waals surface area contributed by atoms with Crippen LogP contribution in [0.1, 0.15) is 0 Å². The van der Waals surface area contributed by atoms with E-state index in [1.807, 2.05) is 0 Å². The predicted molar refractivity (Wildman–Crippen MR) is 44.6 cm³/mol. The Morgan fingerprint density at radius 3 is 2.77 bits per heavy atom. The standard InChI is InChI=1S/C7H9F2N3O/c8-5(9)3-13-7-6(11)4(10)1-2-12-7/h1-2,5H,3,11H2,(H2,10,12). The molecule has 72 valence electrons. The van der Waals surface area contributed by atoms with E-state index in [2.05, 4.69) is 9.72 Å². The smallest absolute Gasteiger partial charge is 0.272 e. The first-order valence-corrected chi connectivity index (χ1v) is 3.52. The SMILES string of the molecule is Nc1ccnc(OCC(F)F)c1N. The summed E-state index contributed by atoms with van der Waals surface area (Å²) in [6.07, 6.45) is -1.21. The Morgan fingerprint density at radius 1 is 1.46 bits per heavy atom. The van der Waals surface area contributed by atoms with Gasteiger partial charge >= 0.3 is 0 Å². The van der Waals surface area contributed by atoms with Crippen molar-refractivity contribution in [3.63, 3.8) is 0 Å². The monoisotopic (exact) mass is 189 g/mol. The molecule has 0 aliphatic heterocycles. The third-order valence-corrected chi connectivity index (χ3v) is 1.33. The molecule has 0 atom stereocenters. The fraction of sp³-hybridized carbons (Fsp3) is 0.286. The van der Waals surface area contributed by atoms with Gasteiger partial charge in [0.25, 0.3) is 6.43 Å². The van der Waals surface area contributed by atoms with Crippen molar-refractivity contribution in [3.05, 3.63) is 12.3 Å². The van der Waals surface area contributed by atoms with E-state index in [0.29, 0.717) is 0 Å². The fourth-order valence-corrected chi connectivity index (χ4v) is 0.725. The summed E-state index contributed by atoms with van der Waals surface area (Å²) in [4.78, 5) is 3.65. The minimum atomic E-state index is -2.55. The zero-order chi connectivity index (χ0) is 9.84. The zero-order valence-corrected chi connectivity index (χ0v) is 6.71. The Kier molecular flexibility index (Phi) is 2.84. The van der Waals surface area contributed by atoms with Gasteiger partial charge in [0.05, 0.1) is 5.69 Å². The minimum Gasteiger partial charge on any atom is -0.470 e. The first-order valence-electron chi connectivity index (χ1n) is 3.52. The predicted octanol–water partition coefficient (Wildman–Crippen LogP) is 0.890. The van der Waals surface area contributed by atoms with Gasteiger partial charge in [0.15, 0.2) is 6.61 Å². The molecular weight excluding hydrogens is 180 g/mol. The molecule has 0 bridgehead atoms. The molecule has 0 saturated heterocycles. The summed E-state index contributed by atoms with van der Waals surface area (Å²) in [5, 5.41) is 0. The van der Waals surface area contributed by atoms with E-state index in [-0.39, 0.29) is 17.3 Å². The Morgan fingerprint density at radius 2 is 2.15 bits per heavy atom. The Hall–Kier alpha value is -1.59. The first kappa shape index (κ1) is 9.50. The van der Waals surface area contributed by atoms with Crippen molar-refractivity contribution in [1.82, 2.24) is 4.98 Å². The maximum Gasteiger partial charge on any atom is 0.272 e. The molecule has 0 saturated carbocycles. The van der Waals surface area contributed by atoms with Crippen LogP contribution < -0.4 is 16.2 Å². The Bertz CT molecular complexity index is 293. The van der Waals surface area contributed by atoms with Gasteiger partial charge in [0, 0.05) is 6.20 Å². The summed E-state index contributed by atoms with van der Waals surface area (Å²) < 4.78 is 28.1. The van der Waals surface area contributed by atoms with Gasteiger partial charge in [0.1, 0.15) is 5.69 Å². The molecule has 0 aromatic carbocycles. The van der Waals surface area contributed by atoms with Crippen LogP contribution in [0.3, 0.4) is 0 Å². The summed E-state index contributed by atoms with van der Waals surface area (Å²) in [5.41, 5.74) is 11.2. The van der Waals surface area contributed by atoms with Crippen LogP contribution in [-0.2, 0) is 0 Å². The quantitative estimate of drug-likeness (QED) is 0.740. The van der Waals surface area contributed by atoms with Gasteiger partial charge in [-0.2, -0.15) is 0 Å². The molecule has 0 amide bonds. The van der Waals surface area contributed by atoms with E-state index in [0.717, 1.165) is 0 Å². The number of nitrogens with two attached hydrogens (primary N) is 2. The molecule has 0 aliphatic rings. The molecule has 4 nitrogen and oxygen atoms in total. The summed E-state index contributed by atoms with van der Waals surface area (Å²) in [6, 6.07) is 1.46. The van der Waals surface area contributed by atoms with Crippen molar-refractivity contribution in [2.75, 3.05) is 18.1 Å². The molecule has 1 heterocycles. The molecule has 0 unspecified atom stereocenters. The van der Waals surface area contributed by atoms with Gasteiger partial charge in [-0.05, 0) is 6.07 Å². The number of hydrogen-bond acceptors (Lipinski definition) is 4. The largest absolute Gasteiger partial charge is 0.470 e. The number of pyridine rings is 1. The first-order chi connectivity index (χ1) is 6.11. The van der Waals surface area contributed by atoms with Crippen LogP contribution in [0.5, 0.6) is 5.88 Å². The van der Waals surface area contributed by atoms with Crippen LogP contribution in [-0.4, -0.2) is 18.0 Å². The number of aromatic nitrogens is 1. The number of alkyl halides is 2. The molecule has 1 aromatic rings. The number of ether oxygens (including phenoxy) is 1. The lowest BCUT2D eigenvalue weighted by molar-refractivity contribution is 0.0800. The normalized spacial score (nSPS) is 10.4. The molecule has 13 heavy (non-hydrogen) atoms. The number of halogens is 2. The maximum absolute atomic E-state index is 11.7. The second-order valence-corrected chi connectivity index (χ2v) is 2.32. The molecule has 0 radical (unpaired) electrons. The van der Waals surface area contributed by atoms with E-state index < -0.39 is 13.0 Å². The molecule has 1 rings (SSSR count). The zero-order valence-electron chi connectivity index (χ0n) is 6.71. The van der Waals surface area contributed by atoms with Crippen LogP contribution in [0.2, 0.25) is 0 Å². The van der Waals surface area contributed by atoms with Crippen molar-refractivity contribution >= 4 is 11.4 Å². The highest BCUT2D eigenvalue weighted by atomic mass is 19.3. The van der Waals surface area contributed by atoms with Crippen molar-refractivity contribution in [3.8, 4) is 5.88 Å². The Labute approximate surface area is 73.5 Å². The third kappa shape index (κ3) is 2.43. The van der Waals surface area contributed by atoms with Crippen LogP contribution in [0.25, 0.3) is 0 Å². The van der Waals surface area contributed by atoms with Crippen molar-refractivity contribution < 1.29 is 13.5 Å². The molecule has 4 N–H and O–H groups in total. The lowest BCUT2D eigenvalue weighted by Crippen LogP contribution is -2.10. The summed E-state index contributed by atoms with van der Waals surface area (Å²) >= 11 is 0. The highest BCUT2D eigenvalue weighted by Gasteiger charge is 2.08. The molecule has 0 aliphatic carbocycles. The van der Waals surface area contributed by atoms with Gasteiger partial charge in [0.2, 0.25) is 5.88 Å². The molecule has 0 fully saturated rings. The highest BCUT2D eigenvalue weighted by Crippen LogP contribution is 2.23. The lowest BCUT2D eigenvalue weighted by atomic mass is 10.3. The fourth-order valence-electron chi connectivity index (χ4n) is 0.725. The summed E-state index contributed by atoms with van der Waals surface area (Å²) in [5.74, 6) is -0.0553. The highest BCUT2D eigenvalue weighted by molar-refractivity contribution is 5.67. The second kappa shape index (κ2) is 3.88. The Balaban J connectivity index is 2.71. The van der Waals surface area contributed by atoms with Crippen LogP contribution in [0.4, 0.5) is 20.2 Å². The average molecular weight is 189 g/mol. The van der Waals surface area contributed by atoms with Gasteiger partial charge in [-0.25, -0.2) is 13.8 Å². The maximum atomic E-state index is 11.7. The van der Waals surface area contributed by atoms with E-state index in [1.54, 1.807) is 0 Å². The van der Waals surface area contributed by atoms with Crippen LogP contribution in [0.15, 0.2) is 12.3 Å². The number of anilines is 2. The summed E-state index contributed by atoms with van der Waals surface area (Å²) in [6.45, 7) is -0.735. The number of nitrogen functional groups attached to an aromatic ring is 2. The van der Waals surface area contributed by atoms with E-state index >= 15 is 0 Å². The topological polar surface area (TPSA) is 74.2 Å². The van der Waals surface area contributed by atoms with E-state index in [4.69, 9.17) is 11.5 Å². The van der Waals surface area contributed by atoms with Crippen molar-refractivity contribution in [2.45, 2.75) is 6.43 Å². The molecule has 1 aromatic heterocycles. The van der Waals surface area contributed by atoms with Crippen LogP contribution in [0, 0.1) is 0 Å².